The molecule has 0 bridgehead atoms. The van der Waals surface area contributed by atoms with E-state index >= 15 is 0 Å². The lowest BCUT2D eigenvalue weighted by atomic mass is 9.81. The van der Waals surface area contributed by atoms with E-state index in [1.807, 2.05) is 23.9 Å². The Labute approximate surface area is 211 Å². The second-order valence-electron chi connectivity index (χ2n) is 7.81. The molecule has 0 saturated carbocycles. The van der Waals surface area contributed by atoms with E-state index < -0.39 is 9.70 Å². The molecule has 3 aliphatic rings. The number of hydrogen-bond acceptors (Lipinski definition) is 4. The minimum Gasteiger partial charge on any atom is -0.355 e. The second-order valence-corrected chi connectivity index (χ2v) is 12.3. The van der Waals surface area contributed by atoms with Crippen molar-refractivity contribution in [3.05, 3.63) is 93.5 Å². The topological polar surface area (TPSA) is 23.6 Å². The molecule has 166 valence electrons. The largest absolute Gasteiger partial charge is 0.355 e. The van der Waals surface area contributed by atoms with E-state index in [2.05, 4.69) is 59.5 Å². The zero-order valence-electron chi connectivity index (χ0n) is 17.1. The molecule has 8 heteroatoms. The number of alkyl halides is 3. The second kappa shape index (κ2) is 9.19. The van der Waals surface area contributed by atoms with Gasteiger partial charge >= 0.3 is 0 Å². The average Bonchev–Trinajstić information content (AvgIpc) is 3.47. The Balaban J connectivity index is 1.74. The zero-order valence-corrected chi connectivity index (χ0v) is 21.0. The van der Waals surface area contributed by atoms with Crippen LogP contribution in [0.1, 0.15) is 23.1 Å². The van der Waals surface area contributed by atoms with Crippen LogP contribution in [0.15, 0.2) is 82.4 Å². The third-order valence-corrected chi connectivity index (χ3v) is 8.58. The van der Waals surface area contributed by atoms with Crippen molar-refractivity contribution < 1.29 is 4.79 Å². The van der Waals surface area contributed by atoms with Gasteiger partial charge < -0.3 is 9.80 Å². The molecule has 5 rings (SSSR count). The van der Waals surface area contributed by atoms with Crippen LogP contribution in [-0.2, 0) is 4.79 Å². The molecule has 2 saturated heterocycles. The number of nitrogens with zero attached hydrogens (tertiary/aromatic N) is 2. The first kappa shape index (κ1) is 22.5. The first-order valence-electron chi connectivity index (χ1n) is 10.4. The smallest absolute Gasteiger partial charge is 0.279 e. The molecule has 3 nitrogen and oxygen atoms in total. The van der Waals surface area contributed by atoms with Gasteiger partial charge in [0.15, 0.2) is 0 Å². The molecule has 0 radical (unpaired) electrons. The molecular formula is C24H21Cl3N2OS2. The van der Waals surface area contributed by atoms with Crippen molar-refractivity contribution in [1.29, 1.82) is 0 Å². The fourth-order valence-electron chi connectivity index (χ4n) is 4.59. The Morgan fingerprint density at radius 1 is 0.875 bits per heavy atom. The number of thioether (sulfide) groups is 2. The summed E-state index contributed by atoms with van der Waals surface area (Å²) in [5.74, 6) is 1.37. The number of amides is 1. The maximum Gasteiger partial charge on any atom is 0.279 e. The Bertz CT molecular complexity index is 1070. The molecule has 0 N–H and O–H groups in total. The maximum absolute atomic E-state index is 13.1. The number of carbonyl (C=O) groups excluding carboxylic acids is 1. The van der Waals surface area contributed by atoms with E-state index in [-0.39, 0.29) is 12.0 Å². The van der Waals surface area contributed by atoms with Crippen molar-refractivity contribution in [3.8, 4) is 0 Å². The SMILES string of the molecule is O=C(N1CCS/C1=C1\[C@H](c2ccccc2)C=C2SCCN2[C@@H]1c1ccccc1)C(Cl)(Cl)Cl. The highest BCUT2D eigenvalue weighted by Crippen LogP contribution is 2.53. The van der Waals surface area contributed by atoms with E-state index in [0.29, 0.717) is 6.54 Å². The summed E-state index contributed by atoms with van der Waals surface area (Å²) in [6.45, 7) is 1.49. The average molecular weight is 524 g/mol. The fraction of sp³-hybridized carbons (Fsp3) is 0.292. The van der Waals surface area contributed by atoms with Crippen LogP contribution in [0.5, 0.6) is 0 Å². The van der Waals surface area contributed by atoms with E-state index in [1.54, 1.807) is 16.7 Å². The zero-order chi connectivity index (χ0) is 22.3. The summed E-state index contributed by atoms with van der Waals surface area (Å²) in [4.78, 5) is 17.2. The van der Waals surface area contributed by atoms with Crippen molar-refractivity contribution in [1.82, 2.24) is 9.80 Å². The number of allylic oxidation sites excluding steroid dienone is 1. The third-order valence-electron chi connectivity index (χ3n) is 5.92. The van der Waals surface area contributed by atoms with Gasteiger partial charge in [0.25, 0.3) is 9.70 Å². The van der Waals surface area contributed by atoms with Gasteiger partial charge in [0.1, 0.15) is 0 Å². The molecule has 2 aromatic rings. The van der Waals surface area contributed by atoms with Crippen molar-refractivity contribution in [3.63, 3.8) is 0 Å². The number of carbonyl (C=O) groups is 1. The lowest BCUT2D eigenvalue weighted by Crippen LogP contribution is -2.39. The van der Waals surface area contributed by atoms with Gasteiger partial charge in [0, 0.05) is 30.5 Å². The number of halogens is 3. The van der Waals surface area contributed by atoms with Crippen LogP contribution in [0.3, 0.4) is 0 Å². The summed E-state index contributed by atoms with van der Waals surface area (Å²) < 4.78 is -1.99. The molecule has 3 aliphatic heterocycles. The number of rotatable bonds is 2. The molecule has 0 unspecified atom stereocenters. The Hall–Kier alpha value is -1.24. The van der Waals surface area contributed by atoms with Crippen molar-refractivity contribution in [2.75, 3.05) is 24.6 Å². The van der Waals surface area contributed by atoms with Crippen molar-refractivity contribution >= 4 is 64.2 Å². The van der Waals surface area contributed by atoms with Crippen LogP contribution in [0.25, 0.3) is 0 Å². The van der Waals surface area contributed by atoms with Crippen LogP contribution in [0.4, 0.5) is 0 Å². The van der Waals surface area contributed by atoms with Gasteiger partial charge in [-0.2, -0.15) is 0 Å². The van der Waals surface area contributed by atoms with Crippen LogP contribution < -0.4 is 0 Å². The van der Waals surface area contributed by atoms with Gasteiger partial charge in [-0.05, 0) is 22.8 Å². The highest BCUT2D eigenvalue weighted by molar-refractivity contribution is 8.03. The number of fused-ring (bicyclic) bond motifs is 1. The standard InChI is InChI=1S/C24H21Cl3N2OS2/c25-24(26,27)23(30)29-12-14-32-22(29)20-18(16-7-3-1-4-8-16)15-19-28(11-13-31-19)21(20)17-9-5-2-6-10-17/h1-10,15,18,21H,11-14H2/b22-20+/t18-,21+/m0/s1. The van der Waals surface area contributed by atoms with Gasteiger partial charge in [0.05, 0.1) is 16.1 Å². The van der Waals surface area contributed by atoms with Gasteiger partial charge in [-0.1, -0.05) is 95.5 Å². The normalized spacial score (nSPS) is 25.7. The van der Waals surface area contributed by atoms with E-state index in [9.17, 15) is 4.79 Å². The van der Waals surface area contributed by atoms with E-state index in [0.717, 1.165) is 23.1 Å². The predicted octanol–water partition coefficient (Wildman–Crippen LogP) is 6.57. The molecule has 2 fully saturated rings. The molecule has 2 aromatic carbocycles. The Kier molecular flexibility index (Phi) is 6.47. The molecular weight excluding hydrogens is 503 g/mol. The highest BCUT2D eigenvalue weighted by Gasteiger charge is 2.45. The summed E-state index contributed by atoms with van der Waals surface area (Å²) in [6.07, 6.45) is 2.34. The molecule has 0 aromatic heterocycles. The summed E-state index contributed by atoms with van der Waals surface area (Å²) in [5, 5.41) is 2.20. The molecule has 1 amide bonds. The molecule has 0 aliphatic carbocycles. The van der Waals surface area contributed by atoms with Crippen LogP contribution >= 0.6 is 58.3 Å². The van der Waals surface area contributed by atoms with Gasteiger partial charge in [0.2, 0.25) is 0 Å². The van der Waals surface area contributed by atoms with Crippen LogP contribution in [0.2, 0.25) is 0 Å². The highest BCUT2D eigenvalue weighted by atomic mass is 35.6. The van der Waals surface area contributed by atoms with Gasteiger partial charge in [-0.25, -0.2) is 0 Å². The van der Waals surface area contributed by atoms with Gasteiger partial charge in [-0.3, -0.25) is 4.79 Å². The summed E-state index contributed by atoms with van der Waals surface area (Å²) in [7, 11) is 0. The monoisotopic (exact) mass is 522 g/mol. The minimum atomic E-state index is -1.99. The van der Waals surface area contributed by atoms with E-state index in [4.69, 9.17) is 34.8 Å². The predicted molar refractivity (Wildman–Crippen MR) is 137 cm³/mol. The van der Waals surface area contributed by atoms with Gasteiger partial charge in [-0.15, -0.1) is 23.5 Å². The Morgan fingerprint density at radius 2 is 1.50 bits per heavy atom. The quantitative estimate of drug-likeness (QED) is 0.415. The molecule has 3 heterocycles. The fourth-order valence-corrected chi connectivity index (χ4v) is 7.19. The third kappa shape index (κ3) is 4.19. The first-order chi connectivity index (χ1) is 15.4. The first-order valence-corrected chi connectivity index (χ1v) is 13.5. The molecule has 0 spiro atoms. The summed E-state index contributed by atoms with van der Waals surface area (Å²) in [5.41, 5.74) is 3.58. The lowest BCUT2D eigenvalue weighted by molar-refractivity contribution is -0.127. The number of benzene rings is 2. The van der Waals surface area contributed by atoms with Crippen molar-refractivity contribution in [2.45, 2.75) is 15.8 Å². The van der Waals surface area contributed by atoms with E-state index in [1.165, 1.54) is 21.7 Å². The van der Waals surface area contributed by atoms with Crippen LogP contribution in [-0.4, -0.2) is 44.1 Å². The Morgan fingerprint density at radius 3 is 2.16 bits per heavy atom. The number of hydrogen-bond donors (Lipinski definition) is 0. The van der Waals surface area contributed by atoms with Crippen molar-refractivity contribution in [2.24, 2.45) is 0 Å². The minimum absolute atomic E-state index is 0.0164. The lowest BCUT2D eigenvalue weighted by Gasteiger charge is -2.41. The maximum atomic E-state index is 13.1. The van der Waals surface area contributed by atoms with Crippen LogP contribution in [0, 0.1) is 0 Å². The molecule has 2 atom stereocenters. The summed E-state index contributed by atoms with van der Waals surface area (Å²) in [6, 6.07) is 21.0. The molecule has 32 heavy (non-hydrogen) atoms. The summed E-state index contributed by atoms with van der Waals surface area (Å²) >= 11 is 21.7.